The molecule has 1 amide bonds. The summed E-state index contributed by atoms with van der Waals surface area (Å²) in [6.07, 6.45) is 3.41. The number of carbonyl (C=O) groups is 1. The summed E-state index contributed by atoms with van der Waals surface area (Å²) in [4.78, 5) is 17.4. The summed E-state index contributed by atoms with van der Waals surface area (Å²) in [5, 5.41) is 0. The summed E-state index contributed by atoms with van der Waals surface area (Å²) in [5.74, 6) is 1.89. The van der Waals surface area contributed by atoms with Crippen LogP contribution in [0, 0.1) is 6.92 Å². The Morgan fingerprint density at radius 2 is 1.77 bits per heavy atom. The Morgan fingerprint density at radius 3 is 2.37 bits per heavy atom. The normalized spacial score (nSPS) is 15.1. The van der Waals surface area contributed by atoms with Crippen LogP contribution in [-0.4, -0.2) is 44.2 Å². The van der Waals surface area contributed by atoms with Crippen molar-refractivity contribution in [3.63, 3.8) is 0 Å². The summed E-state index contributed by atoms with van der Waals surface area (Å²) in [7, 11) is 3.36. The SMILES string of the molecule is CCCC(=O)N(c1ccc(C)cc1)C1CCN(Cc2ccc(OC)cc2OC)CC1. The second-order valence-corrected chi connectivity index (χ2v) is 8.03. The van der Waals surface area contributed by atoms with E-state index in [2.05, 4.69) is 49.1 Å². The zero-order valence-electron chi connectivity index (χ0n) is 18.7. The van der Waals surface area contributed by atoms with Crippen LogP contribution in [0.15, 0.2) is 42.5 Å². The largest absolute Gasteiger partial charge is 0.497 e. The zero-order valence-corrected chi connectivity index (χ0v) is 18.7. The highest BCUT2D eigenvalue weighted by Gasteiger charge is 2.29. The van der Waals surface area contributed by atoms with Gasteiger partial charge >= 0.3 is 0 Å². The number of carbonyl (C=O) groups excluding carboxylic acids is 1. The van der Waals surface area contributed by atoms with Gasteiger partial charge in [-0.05, 0) is 44.4 Å². The number of hydrogen-bond acceptors (Lipinski definition) is 4. The highest BCUT2D eigenvalue weighted by molar-refractivity contribution is 5.94. The van der Waals surface area contributed by atoms with Crippen molar-refractivity contribution in [3.05, 3.63) is 53.6 Å². The molecule has 0 bridgehead atoms. The van der Waals surface area contributed by atoms with E-state index in [9.17, 15) is 4.79 Å². The monoisotopic (exact) mass is 410 g/mol. The topological polar surface area (TPSA) is 42.0 Å². The van der Waals surface area contributed by atoms with Crippen molar-refractivity contribution in [2.75, 3.05) is 32.2 Å². The second kappa shape index (κ2) is 10.5. The standard InChI is InChI=1S/C25H34N2O3/c1-5-6-25(28)27(21-10-7-19(2)8-11-21)22-13-15-26(16-14-22)18-20-9-12-23(29-3)17-24(20)30-4/h7-12,17,22H,5-6,13-16,18H2,1-4H3. The summed E-state index contributed by atoms with van der Waals surface area (Å²) in [6, 6.07) is 14.6. The number of ether oxygens (including phenoxy) is 2. The third-order valence-corrected chi connectivity index (χ3v) is 5.86. The van der Waals surface area contributed by atoms with E-state index in [0.717, 1.165) is 61.6 Å². The Bertz CT molecular complexity index is 827. The minimum Gasteiger partial charge on any atom is -0.497 e. The molecule has 1 aliphatic heterocycles. The third-order valence-electron chi connectivity index (χ3n) is 5.86. The Labute approximate surface area is 180 Å². The van der Waals surface area contributed by atoms with E-state index in [4.69, 9.17) is 9.47 Å². The molecular weight excluding hydrogens is 376 g/mol. The van der Waals surface area contributed by atoms with E-state index >= 15 is 0 Å². The summed E-state index contributed by atoms with van der Waals surface area (Å²) in [5.41, 5.74) is 3.40. The molecule has 0 N–H and O–H groups in total. The number of piperidine rings is 1. The molecule has 0 aliphatic carbocycles. The lowest BCUT2D eigenvalue weighted by atomic mass is 10.00. The van der Waals surface area contributed by atoms with Crippen molar-refractivity contribution >= 4 is 11.6 Å². The summed E-state index contributed by atoms with van der Waals surface area (Å²) < 4.78 is 10.9. The molecule has 0 saturated carbocycles. The van der Waals surface area contributed by atoms with Gasteiger partial charge in [-0.1, -0.05) is 30.7 Å². The quantitative estimate of drug-likeness (QED) is 0.626. The second-order valence-electron chi connectivity index (χ2n) is 8.03. The maximum atomic E-state index is 12.9. The molecule has 1 saturated heterocycles. The fraction of sp³-hybridized carbons (Fsp3) is 0.480. The molecular formula is C25H34N2O3. The van der Waals surface area contributed by atoms with Crippen LogP contribution in [0.1, 0.15) is 43.7 Å². The van der Waals surface area contributed by atoms with Gasteiger partial charge in [-0.2, -0.15) is 0 Å². The average molecular weight is 411 g/mol. The first-order chi connectivity index (χ1) is 14.5. The molecule has 5 nitrogen and oxygen atoms in total. The Morgan fingerprint density at radius 1 is 1.07 bits per heavy atom. The van der Waals surface area contributed by atoms with Crippen molar-refractivity contribution in [3.8, 4) is 11.5 Å². The minimum atomic E-state index is 0.233. The van der Waals surface area contributed by atoms with E-state index in [1.807, 2.05) is 17.0 Å². The van der Waals surface area contributed by atoms with Gasteiger partial charge in [0.15, 0.2) is 0 Å². The first kappa shape index (κ1) is 22.2. The molecule has 5 heteroatoms. The number of methoxy groups -OCH3 is 2. The Kier molecular flexibility index (Phi) is 7.75. The predicted molar refractivity (Wildman–Crippen MR) is 121 cm³/mol. The van der Waals surface area contributed by atoms with Crippen LogP contribution in [0.2, 0.25) is 0 Å². The van der Waals surface area contributed by atoms with Gasteiger partial charge in [-0.15, -0.1) is 0 Å². The maximum absolute atomic E-state index is 12.9. The minimum absolute atomic E-state index is 0.233. The molecule has 1 heterocycles. The number of benzene rings is 2. The van der Waals surface area contributed by atoms with Gasteiger partial charge in [0.25, 0.3) is 0 Å². The van der Waals surface area contributed by atoms with Gasteiger partial charge in [0, 0.05) is 49.4 Å². The van der Waals surface area contributed by atoms with E-state index in [0.29, 0.717) is 6.42 Å². The number of amides is 1. The van der Waals surface area contributed by atoms with E-state index < -0.39 is 0 Å². The number of nitrogens with zero attached hydrogens (tertiary/aromatic N) is 2. The first-order valence-corrected chi connectivity index (χ1v) is 10.9. The molecule has 1 fully saturated rings. The molecule has 3 rings (SSSR count). The van der Waals surface area contributed by atoms with Gasteiger partial charge in [-0.3, -0.25) is 9.69 Å². The Hall–Kier alpha value is -2.53. The molecule has 0 aromatic heterocycles. The molecule has 2 aromatic carbocycles. The Balaban J connectivity index is 1.68. The van der Waals surface area contributed by atoms with Crippen molar-refractivity contribution in [1.29, 1.82) is 0 Å². The lowest BCUT2D eigenvalue weighted by Crippen LogP contribution is -2.47. The van der Waals surface area contributed by atoms with Crippen LogP contribution in [-0.2, 0) is 11.3 Å². The van der Waals surface area contributed by atoms with Gasteiger partial charge in [-0.25, -0.2) is 0 Å². The smallest absolute Gasteiger partial charge is 0.227 e. The van der Waals surface area contributed by atoms with Gasteiger partial charge in [0.05, 0.1) is 14.2 Å². The lowest BCUT2D eigenvalue weighted by Gasteiger charge is -2.39. The molecule has 1 aliphatic rings. The van der Waals surface area contributed by atoms with Gasteiger partial charge in [0.2, 0.25) is 5.91 Å². The number of rotatable bonds is 8. The fourth-order valence-electron chi connectivity index (χ4n) is 4.16. The van der Waals surface area contributed by atoms with Crippen molar-refractivity contribution in [2.45, 2.75) is 52.1 Å². The van der Waals surface area contributed by atoms with Gasteiger partial charge < -0.3 is 14.4 Å². The number of hydrogen-bond donors (Lipinski definition) is 0. The number of likely N-dealkylation sites (tertiary alicyclic amines) is 1. The first-order valence-electron chi connectivity index (χ1n) is 10.9. The van der Waals surface area contributed by atoms with Crippen LogP contribution < -0.4 is 14.4 Å². The fourth-order valence-corrected chi connectivity index (χ4v) is 4.16. The molecule has 0 unspecified atom stereocenters. The molecule has 162 valence electrons. The van der Waals surface area contributed by atoms with Crippen molar-refractivity contribution < 1.29 is 14.3 Å². The van der Waals surface area contributed by atoms with Crippen LogP contribution in [0.5, 0.6) is 11.5 Å². The summed E-state index contributed by atoms with van der Waals surface area (Å²) in [6.45, 7) is 6.90. The lowest BCUT2D eigenvalue weighted by molar-refractivity contribution is -0.119. The van der Waals surface area contributed by atoms with E-state index in [1.165, 1.54) is 5.56 Å². The maximum Gasteiger partial charge on any atom is 0.227 e. The predicted octanol–water partition coefficient (Wildman–Crippen LogP) is 4.81. The highest BCUT2D eigenvalue weighted by Crippen LogP contribution is 2.29. The van der Waals surface area contributed by atoms with Crippen molar-refractivity contribution in [2.24, 2.45) is 0 Å². The molecule has 0 atom stereocenters. The van der Waals surface area contributed by atoms with Crippen LogP contribution in [0.3, 0.4) is 0 Å². The number of aryl methyl sites for hydroxylation is 1. The summed E-state index contributed by atoms with van der Waals surface area (Å²) >= 11 is 0. The van der Waals surface area contributed by atoms with Crippen LogP contribution in [0.25, 0.3) is 0 Å². The average Bonchev–Trinajstić information content (AvgIpc) is 2.77. The highest BCUT2D eigenvalue weighted by atomic mass is 16.5. The molecule has 30 heavy (non-hydrogen) atoms. The van der Waals surface area contributed by atoms with Crippen molar-refractivity contribution in [1.82, 2.24) is 4.90 Å². The van der Waals surface area contributed by atoms with E-state index in [1.54, 1.807) is 14.2 Å². The van der Waals surface area contributed by atoms with Crippen LogP contribution in [0.4, 0.5) is 5.69 Å². The van der Waals surface area contributed by atoms with Crippen LogP contribution >= 0.6 is 0 Å². The third kappa shape index (κ3) is 5.33. The molecule has 2 aromatic rings. The number of anilines is 1. The zero-order chi connectivity index (χ0) is 21.5. The molecule has 0 radical (unpaired) electrons. The van der Waals surface area contributed by atoms with Gasteiger partial charge in [0.1, 0.15) is 11.5 Å². The van der Waals surface area contributed by atoms with E-state index in [-0.39, 0.29) is 11.9 Å². The molecule has 0 spiro atoms.